The Morgan fingerprint density at radius 1 is 1.00 bits per heavy atom. The Morgan fingerprint density at radius 3 is 2.00 bits per heavy atom. The van der Waals surface area contributed by atoms with E-state index in [2.05, 4.69) is 20.1 Å². The number of rotatable bonds is 9. The Hall–Kier alpha value is -0.760. The van der Waals surface area contributed by atoms with Crippen LogP contribution in [0.15, 0.2) is 30.3 Å². The number of Topliss-reactive ketones (excluding diaryl/α,β-unsaturated/α-hetero) is 1. The van der Waals surface area contributed by atoms with Gasteiger partial charge in [-0.1, -0.05) is 57.0 Å². The van der Waals surface area contributed by atoms with Crippen molar-refractivity contribution in [1.29, 1.82) is 0 Å². The van der Waals surface area contributed by atoms with Gasteiger partial charge in [-0.2, -0.15) is 0 Å². The Morgan fingerprint density at radius 2 is 1.53 bits per heavy atom. The highest BCUT2D eigenvalue weighted by molar-refractivity contribution is 8.33. The molecule has 0 aromatic heterocycles. The molecule has 0 aliphatic heterocycles. The average Bonchev–Trinajstić information content (AvgIpc) is 2.44. The van der Waals surface area contributed by atoms with Crippen LogP contribution in [0.2, 0.25) is 0 Å². The number of unbranched alkanes of at least 4 members (excludes halogenated alkanes) is 2. The maximum Gasteiger partial charge on any atom is 0.171 e. The van der Waals surface area contributed by atoms with Crippen LogP contribution in [0.25, 0.3) is 0 Å². The monoisotopic (exact) mass is 280 g/mol. The molecule has 0 spiro atoms. The lowest BCUT2D eigenvalue weighted by Gasteiger charge is -2.35. The minimum absolute atomic E-state index is 0.338. The van der Waals surface area contributed by atoms with Crippen LogP contribution < -0.4 is 0 Å². The Bertz CT molecular complexity index is 364. The van der Waals surface area contributed by atoms with Crippen molar-refractivity contribution >= 4 is 15.8 Å². The molecule has 0 bridgehead atoms. The molecule has 2 heteroatoms. The normalized spacial score (nSPS) is 12.4. The zero-order chi connectivity index (χ0) is 14.1. The highest BCUT2D eigenvalue weighted by Crippen LogP contribution is 2.46. The molecule has 0 saturated carbocycles. The van der Waals surface area contributed by atoms with Gasteiger partial charge < -0.3 is 0 Å². The topological polar surface area (TPSA) is 17.1 Å². The fourth-order valence-corrected chi connectivity index (χ4v) is 5.52. The summed E-state index contributed by atoms with van der Waals surface area (Å²) in [6, 6.07) is 9.77. The largest absolute Gasteiger partial charge is 0.293 e. The number of carbonyl (C=O) groups excluding carboxylic acids is 1. The van der Waals surface area contributed by atoms with Gasteiger partial charge in [0.2, 0.25) is 0 Å². The summed E-state index contributed by atoms with van der Waals surface area (Å²) < 4.78 is 0. The summed E-state index contributed by atoms with van der Waals surface area (Å²) in [7, 11) is -0.760. The van der Waals surface area contributed by atoms with Crippen molar-refractivity contribution in [2.24, 2.45) is 0 Å². The predicted octanol–water partition coefficient (Wildman–Crippen LogP) is 4.90. The summed E-state index contributed by atoms with van der Waals surface area (Å²) in [6.45, 7) is 4.47. The van der Waals surface area contributed by atoms with Crippen molar-refractivity contribution in [1.82, 2.24) is 0 Å². The third kappa shape index (κ3) is 5.82. The van der Waals surface area contributed by atoms with Crippen LogP contribution in [-0.4, -0.2) is 29.3 Å². The quantitative estimate of drug-likeness (QED) is 0.588. The number of hydrogen-bond donors (Lipinski definition) is 0. The van der Waals surface area contributed by atoms with E-state index in [1.54, 1.807) is 0 Å². The first-order valence-corrected chi connectivity index (χ1v) is 9.96. The first kappa shape index (κ1) is 16.3. The van der Waals surface area contributed by atoms with E-state index in [-0.39, 0.29) is 0 Å². The number of ketones is 1. The molecule has 0 radical (unpaired) electrons. The summed E-state index contributed by atoms with van der Waals surface area (Å²) in [4.78, 5) is 12.4. The zero-order valence-electron chi connectivity index (χ0n) is 12.7. The maximum atomic E-state index is 12.4. The fourth-order valence-electron chi connectivity index (χ4n) is 2.26. The molecule has 1 nitrogen and oxygen atoms in total. The molecule has 108 valence electrons. The van der Waals surface area contributed by atoms with Gasteiger partial charge in [-0.15, -0.1) is 0 Å². The Labute approximate surface area is 120 Å². The minimum Gasteiger partial charge on any atom is -0.293 e. The number of carbonyl (C=O) groups is 1. The lowest BCUT2D eigenvalue weighted by molar-refractivity contribution is 0.102. The molecule has 1 aromatic rings. The van der Waals surface area contributed by atoms with Crippen molar-refractivity contribution in [3.63, 3.8) is 0 Å². The molecule has 0 heterocycles. The fraction of sp³-hybridized carbons (Fsp3) is 0.588. The molecule has 0 aliphatic rings. The van der Waals surface area contributed by atoms with Gasteiger partial charge in [0.25, 0.3) is 0 Å². The van der Waals surface area contributed by atoms with Crippen LogP contribution in [0, 0.1) is 0 Å². The van der Waals surface area contributed by atoms with Crippen molar-refractivity contribution < 1.29 is 4.79 Å². The van der Waals surface area contributed by atoms with Gasteiger partial charge in [-0.05, 0) is 30.6 Å². The second-order valence-electron chi connectivity index (χ2n) is 5.53. The van der Waals surface area contributed by atoms with Crippen LogP contribution >= 0.6 is 10.0 Å². The average molecular weight is 280 g/mol. The molecule has 0 N–H and O–H groups in total. The van der Waals surface area contributed by atoms with Crippen molar-refractivity contribution in [3.8, 4) is 0 Å². The summed E-state index contributed by atoms with van der Waals surface area (Å²) in [6.07, 6.45) is 7.36. The maximum absolute atomic E-state index is 12.4. The zero-order valence-corrected chi connectivity index (χ0v) is 13.5. The van der Waals surface area contributed by atoms with Gasteiger partial charge in [0, 0.05) is 11.3 Å². The molecule has 0 saturated heterocycles. The highest BCUT2D eigenvalue weighted by Gasteiger charge is 2.21. The van der Waals surface area contributed by atoms with Gasteiger partial charge >= 0.3 is 0 Å². The SMILES string of the molecule is CCCCS(C)(CCCC)CC(=O)c1ccccc1. The molecule has 0 unspecified atom stereocenters. The molecule has 0 atom stereocenters. The van der Waals surface area contributed by atoms with Crippen molar-refractivity contribution in [2.45, 2.75) is 39.5 Å². The molecule has 0 amide bonds. The van der Waals surface area contributed by atoms with E-state index in [0.717, 1.165) is 11.3 Å². The van der Waals surface area contributed by atoms with Gasteiger partial charge in [0.15, 0.2) is 5.78 Å². The molecule has 0 aliphatic carbocycles. The number of hydrogen-bond acceptors (Lipinski definition) is 1. The minimum atomic E-state index is -0.760. The first-order valence-electron chi connectivity index (χ1n) is 7.41. The first-order chi connectivity index (χ1) is 9.11. The van der Waals surface area contributed by atoms with Gasteiger partial charge in [-0.25, -0.2) is 10.0 Å². The van der Waals surface area contributed by atoms with E-state index in [1.807, 2.05) is 30.3 Å². The standard InChI is InChI=1S/C17H28OS/c1-4-6-13-19(3,14-7-5-2)15-17(18)16-11-9-8-10-12-16/h8-12H,4-7,13-15H2,1-3H3. The van der Waals surface area contributed by atoms with E-state index >= 15 is 0 Å². The second-order valence-corrected chi connectivity index (χ2v) is 9.59. The van der Waals surface area contributed by atoms with E-state index in [9.17, 15) is 4.79 Å². The van der Waals surface area contributed by atoms with Crippen LogP contribution in [0.1, 0.15) is 49.9 Å². The highest BCUT2D eigenvalue weighted by atomic mass is 32.3. The summed E-state index contributed by atoms with van der Waals surface area (Å²) in [5, 5.41) is 0. The molecule has 19 heavy (non-hydrogen) atoms. The van der Waals surface area contributed by atoms with Crippen LogP contribution in [0.4, 0.5) is 0 Å². The molecule has 0 fully saturated rings. The van der Waals surface area contributed by atoms with Crippen LogP contribution in [0.3, 0.4) is 0 Å². The lowest BCUT2D eigenvalue weighted by atomic mass is 10.2. The van der Waals surface area contributed by atoms with E-state index in [4.69, 9.17) is 0 Å². The van der Waals surface area contributed by atoms with Crippen LogP contribution in [0.5, 0.6) is 0 Å². The molecule has 1 aromatic carbocycles. The molecular weight excluding hydrogens is 252 g/mol. The van der Waals surface area contributed by atoms with Crippen molar-refractivity contribution in [3.05, 3.63) is 35.9 Å². The van der Waals surface area contributed by atoms with E-state index in [0.29, 0.717) is 5.78 Å². The third-order valence-electron chi connectivity index (χ3n) is 3.56. The molecule has 1 rings (SSSR count). The van der Waals surface area contributed by atoms with Crippen LogP contribution in [-0.2, 0) is 0 Å². The second kappa shape index (κ2) is 8.42. The summed E-state index contributed by atoms with van der Waals surface area (Å²) >= 11 is 0. The Kier molecular flexibility index (Phi) is 7.22. The van der Waals surface area contributed by atoms with Gasteiger partial charge in [-0.3, -0.25) is 4.79 Å². The summed E-state index contributed by atoms with van der Waals surface area (Å²) in [5.41, 5.74) is 0.884. The third-order valence-corrected chi connectivity index (χ3v) is 7.06. The predicted molar refractivity (Wildman–Crippen MR) is 88.7 cm³/mol. The Balaban J connectivity index is 2.68. The lowest BCUT2D eigenvalue weighted by Crippen LogP contribution is -2.19. The number of benzene rings is 1. The van der Waals surface area contributed by atoms with E-state index < -0.39 is 10.0 Å². The summed E-state index contributed by atoms with van der Waals surface area (Å²) in [5.74, 6) is 3.62. The van der Waals surface area contributed by atoms with Crippen molar-refractivity contribution in [2.75, 3.05) is 23.5 Å². The smallest absolute Gasteiger partial charge is 0.171 e. The molecular formula is C17H28OS. The van der Waals surface area contributed by atoms with Gasteiger partial charge in [0.1, 0.15) is 0 Å². The van der Waals surface area contributed by atoms with E-state index in [1.165, 1.54) is 37.2 Å². The van der Waals surface area contributed by atoms with Gasteiger partial charge in [0.05, 0.1) is 0 Å².